The maximum Gasteiger partial charge on any atom is 0.344 e. The van der Waals surface area contributed by atoms with Crippen LogP contribution >= 0.6 is 15.9 Å². The number of esters is 1. The zero-order valence-electron chi connectivity index (χ0n) is 27.8. The van der Waals surface area contributed by atoms with Gasteiger partial charge in [-0.05, 0) is 89.5 Å². The van der Waals surface area contributed by atoms with E-state index in [1.165, 1.54) is 116 Å². The summed E-state index contributed by atoms with van der Waals surface area (Å²) in [5, 5.41) is 0. The van der Waals surface area contributed by atoms with Gasteiger partial charge in [-0.25, -0.2) is 4.79 Å². The Hall–Kier alpha value is -2.01. The first-order valence-corrected chi connectivity index (χ1v) is 18.8. The van der Waals surface area contributed by atoms with Crippen molar-refractivity contribution in [1.29, 1.82) is 0 Å². The number of unbranched alkanes of at least 4 members (excludes halogenated alkanes) is 11. The molecule has 4 nitrogen and oxygen atoms in total. The van der Waals surface area contributed by atoms with Crippen LogP contribution < -0.4 is 14.2 Å². The summed E-state index contributed by atoms with van der Waals surface area (Å²) >= 11 is 3.52. The van der Waals surface area contributed by atoms with Gasteiger partial charge >= 0.3 is 5.97 Å². The third-order valence-corrected chi connectivity index (χ3v) is 9.83. The lowest BCUT2D eigenvalue weighted by atomic mass is 9.78. The van der Waals surface area contributed by atoms with Crippen molar-refractivity contribution >= 4 is 21.9 Å². The summed E-state index contributed by atoms with van der Waals surface area (Å²) < 4.78 is 18.2. The van der Waals surface area contributed by atoms with Crippen LogP contribution in [0.25, 0.3) is 0 Å². The van der Waals surface area contributed by atoms with E-state index in [9.17, 15) is 4.79 Å². The van der Waals surface area contributed by atoms with E-state index < -0.39 is 5.97 Å². The average molecular weight is 672 g/mol. The van der Waals surface area contributed by atoms with E-state index in [2.05, 4.69) is 29.8 Å². The number of rotatable bonds is 23. The number of hydrogen-bond donors (Lipinski definition) is 0. The van der Waals surface area contributed by atoms with Gasteiger partial charge in [-0.1, -0.05) is 123 Å². The predicted molar refractivity (Wildman–Crippen MR) is 187 cm³/mol. The van der Waals surface area contributed by atoms with Gasteiger partial charge in [0.15, 0.2) is 0 Å². The van der Waals surface area contributed by atoms with Crippen molar-refractivity contribution in [2.75, 3.05) is 13.2 Å². The van der Waals surface area contributed by atoms with E-state index in [0.29, 0.717) is 22.4 Å². The molecule has 0 saturated heterocycles. The fourth-order valence-electron chi connectivity index (χ4n) is 6.35. The molecule has 1 fully saturated rings. The van der Waals surface area contributed by atoms with E-state index in [-0.39, 0.29) is 0 Å². The molecule has 0 bridgehead atoms. The van der Waals surface area contributed by atoms with Gasteiger partial charge in [0.1, 0.15) is 17.2 Å². The number of benzene rings is 2. The fourth-order valence-corrected chi connectivity index (χ4v) is 6.87. The average Bonchev–Trinajstić information content (AvgIpc) is 3.03. The topological polar surface area (TPSA) is 44.8 Å². The maximum absolute atomic E-state index is 12.8. The predicted octanol–water partition coefficient (Wildman–Crippen LogP) is 12.5. The molecule has 246 valence electrons. The van der Waals surface area contributed by atoms with Crippen molar-refractivity contribution in [3.05, 3.63) is 52.5 Å². The van der Waals surface area contributed by atoms with E-state index in [1.54, 1.807) is 18.2 Å². The third kappa shape index (κ3) is 14.8. The first-order chi connectivity index (χ1) is 21.6. The highest BCUT2D eigenvalue weighted by Crippen LogP contribution is 2.34. The van der Waals surface area contributed by atoms with Crippen LogP contribution in [0.3, 0.4) is 0 Å². The Balaban J connectivity index is 1.26. The van der Waals surface area contributed by atoms with Crippen molar-refractivity contribution in [3.63, 3.8) is 0 Å². The maximum atomic E-state index is 12.8. The molecule has 1 aliphatic rings. The van der Waals surface area contributed by atoms with E-state index in [1.807, 2.05) is 24.3 Å². The van der Waals surface area contributed by atoms with Crippen LogP contribution in [0.2, 0.25) is 0 Å². The van der Waals surface area contributed by atoms with Crippen LogP contribution in [-0.4, -0.2) is 19.2 Å². The van der Waals surface area contributed by atoms with Crippen molar-refractivity contribution < 1.29 is 19.0 Å². The Morgan fingerprint density at radius 2 is 1.09 bits per heavy atom. The number of ether oxygens (including phenoxy) is 3. The van der Waals surface area contributed by atoms with E-state index in [0.717, 1.165) is 42.8 Å². The first-order valence-electron chi connectivity index (χ1n) is 18.0. The van der Waals surface area contributed by atoms with Gasteiger partial charge in [0.2, 0.25) is 0 Å². The fraction of sp³-hybridized carbons (Fsp3) is 0.667. The smallest absolute Gasteiger partial charge is 0.344 e. The Bertz CT molecular complexity index is 1030. The molecular formula is C39H59BrO4. The van der Waals surface area contributed by atoms with Gasteiger partial charge in [0, 0.05) is 4.47 Å². The first kappa shape index (κ1) is 36.5. The third-order valence-electron chi connectivity index (χ3n) is 9.17. The van der Waals surface area contributed by atoms with Crippen molar-refractivity contribution in [2.24, 2.45) is 11.8 Å². The van der Waals surface area contributed by atoms with Crippen LogP contribution in [0.1, 0.15) is 153 Å². The van der Waals surface area contributed by atoms with Crippen LogP contribution in [0.4, 0.5) is 0 Å². The van der Waals surface area contributed by atoms with Gasteiger partial charge in [-0.15, -0.1) is 0 Å². The molecule has 44 heavy (non-hydrogen) atoms. The molecule has 0 N–H and O–H groups in total. The number of hydrogen-bond acceptors (Lipinski definition) is 4. The molecule has 0 aromatic heterocycles. The Morgan fingerprint density at radius 1 is 0.614 bits per heavy atom. The van der Waals surface area contributed by atoms with Crippen LogP contribution in [0, 0.1) is 11.8 Å². The lowest BCUT2D eigenvalue weighted by Gasteiger charge is -2.28. The van der Waals surface area contributed by atoms with Crippen molar-refractivity contribution in [3.8, 4) is 17.2 Å². The summed E-state index contributed by atoms with van der Waals surface area (Å²) in [4.78, 5) is 12.8. The molecule has 0 spiro atoms. The monoisotopic (exact) mass is 670 g/mol. The second-order valence-corrected chi connectivity index (χ2v) is 13.8. The molecule has 0 amide bonds. The second-order valence-electron chi connectivity index (χ2n) is 12.9. The molecule has 3 rings (SSSR count). The molecule has 0 aliphatic heterocycles. The highest BCUT2D eigenvalue weighted by molar-refractivity contribution is 9.10. The number of carbonyl (C=O) groups is 1. The molecule has 5 heteroatoms. The van der Waals surface area contributed by atoms with Crippen molar-refractivity contribution in [1.82, 2.24) is 0 Å². The van der Waals surface area contributed by atoms with E-state index >= 15 is 0 Å². The molecule has 0 heterocycles. The zero-order valence-corrected chi connectivity index (χ0v) is 29.3. The summed E-state index contributed by atoms with van der Waals surface area (Å²) in [7, 11) is 0. The number of halogens is 1. The molecule has 1 saturated carbocycles. The zero-order chi connectivity index (χ0) is 31.2. The van der Waals surface area contributed by atoms with Gasteiger partial charge in [0.25, 0.3) is 0 Å². The minimum absolute atomic E-state index is 0.396. The molecular weight excluding hydrogens is 612 g/mol. The second kappa shape index (κ2) is 22.5. The SMILES string of the molecule is CCCCCCCCCCCCOc1ccc(C(=O)Oc2ccc(OCCC[C@H]3CC[C@H](CCCCC)CC3)cc2)c(Br)c1. The van der Waals surface area contributed by atoms with Gasteiger partial charge < -0.3 is 14.2 Å². The van der Waals surface area contributed by atoms with Crippen LogP contribution in [-0.2, 0) is 0 Å². The quantitative estimate of drug-likeness (QED) is 0.0670. The summed E-state index contributed by atoms with van der Waals surface area (Å²) in [6, 6.07) is 12.8. The summed E-state index contributed by atoms with van der Waals surface area (Å²) in [6.45, 7) is 5.98. The van der Waals surface area contributed by atoms with Gasteiger partial charge in [0.05, 0.1) is 18.8 Å². The van der Waals surface area contributed by atoms with E-state index in [4.69, 9.17) is 14.2 Å². The minimum atomic E-state index is -0.396. The Kier molecular flexibility index (Phi) is 18.6. The van der Waals surface area contributed by atoms with Crippen LogP contribution in [0.15, 0.2) is 46.9 Å². The van der Waals surface area contributed by atoms with Gasteiger partial charge in [-0.3, -0.25) is 0 Å². The molecule has 0 atom stereocenters. The van der Waals surface area contributed by atoms with Crippen molar-refractivity contribution in [2.45, 2.75) is 142 Å². The highest BCUT2D eigenvalue weighted by atomic mass is 79.9. The summed E-state index contributed by atoms with van der Waals surface area (Å²) in [5.41, 5.74) is 0.478. The van der Waals surface area contributed by atoms with Gasteiger partial charge in [-0.2, -0.15) is 0 Å². The molecule has 2 aromatic carbocycles. The Labute approximate surface area is 277 Å². The lowest BCUT2D eigenvalue weighted by Crippen LogP contribution is -2.15. The highest BCUT2D eigenvalue weighted by Gasteiger charge is 2.20. The molecule has 2 aromatic rings. The molecule has 0 radical (unpaired) electrons. The minimum Gasteiger partial charge on any atom is -0.494 e. The molecule has 0 unspecified atom stereocenters. The van der Waals surface area contributed by atoms with Crippen LogP contribution in [0.5, 0.6) is 17.2 Å². The Morgan fingerprint density at radius 3 is 1.70 bits per heavy atom. The largest absolute Gasteiger partial charge is 0.494 e. The normalized spacial score (nSPS) is 16.5. The summed E-state index contributed by atoms with van der Waals surface area (Å²) in [6.07, 6.45) is 26.6. The molecule has 1 aliphatic carbocycles. The lowest BCUT2D eigenvalue weighted by molar-refractivity contribution is 0.0733. The number of carbonyl (C=O) groups excluding carboxylic acids is 1. The standard InChI is InChI=1S/C39H59BrO4/c1-3-5-7-8-9-10-11-12-13-15-29-43-36-27-28-37(38(40)31-36)39(41)44-35-25-23-34(24-26-35)42-30-16-18-33-21-19-32(20-22-33)17-14-6-4-2/h23-28,31-33H,3-22,29-30H2,1-2H3/t32-,33-. The summed E-state index contributed by atoms with van der Waals surface area (Å²) in [5.74, 6) is 3.53.